The number of carbonyl (C=O) groups is 2. The van der Waals surface area contributed by atoms with Crippen LogP contribution in [0.3, 0.4) is 0 Å². The van der Waals surface area contributed by atoms with Crippen LogP contribution in [0.4, 0.5) is 0 Å². The summed E-state index contributed by atoms with van der Waals surface area (Å²) in [6.45, 7) is 39.2. The smallest absolute Gasteiger partial charge is 0.300 e. The van der Waals surface area contributed by atoms with E-state index in [-0.39, 0.29) is 17.9 Å². The molecule has 0 aromatic carbocycles. The van der Waals surface area contributed by atoms with E-state index in [1.165, 1.54) is 6.42 Å². The first-order valence-electron chi connectivity index (χ1n) is 16.5. The third-order valence-electron chi connectivity index (χ3n) is 4.79. The summed E-state index contributed by atoms with van der Waals surface area (Å²) in [7, 11) is 0. The molecular formula is C38H72N2O4. The Balaban J connectivity index is -0.000000329. The van der Waals surface area contributed by atoms with Gasteiger partial charge in [-0.3, -0.25) is 9.59 Å². The second-order valence-corrected chi connectivity index (χ2v) is 11.0. The van der Waals surface area contributed by atoms with Crippen molar-refractivity contribution in [2.45, 2.75) is 136 Å². The van der Waals surface area contributed by atoms with E-state index in [2.05, 4.69) is 78.3 Å². The van der Waals surface area contributed by atoms with Gasteiger partial charge in [-0.15, -0.1) is 0 Å². The van der Waals surface area contributed by atoms with Crippen molar-refractivity contribution in [3.05, 3.63) is 71.7 Å². The molecule has 0 aromatic rings. The third kappa shape index (κ3) is 39.0. The lowest BCUT2D eigenvalue weighted by Crippen LogP contribution is -2.32. The van der Waals surface area contributed by atoms with Gasteiger partial charge in [0.15, 0.2) is 0 Å². The Morgan fingerprint density at radius 3 is 1.80 bits per heavy atom. The van der Waals surface area contributed by atoms with Crippen LogP contribution in [-0.2, 0) is 14.3 Å². The molecule has 0 aromatic heterocycles. The van der Waals surface area contributed by atoms with Crippen molar-refractivity contribution < 1.29 is 19.4 Å². The Hall–Kier alpha value is -3.02. The van der Waals surface area contributed by atoms with Gasteiger partial charge in [0.1, 0.15) is 5.76 Å². The highest BCUT2D eigenvalue weighted by atomic mass is 16.5. The second kappa shape index (κ2) is 36.2. The Labute approximate surface area is 273 Å². The highest BCUT2D eigenvalue weighted by Gasteiger charge is 2.18. The van der Waals surface area contributed by atoms with Crippen LogP contribution in [0.15, 0.2) is 71.7 Å². The molecule has 0 aliphatic rings. The largest absolute Gasteiger partial charge is 0.491 e. The lowest BCUT2D eigenvalue weighted by Gasteiger charge is -2.18. The van der Waals surface area contributed by atoms with E-state index in [9.17, 15) is 4.79 Å². The summed E-state index contributed by atoms with van der Waals surface area (Å²) in [5.74, 6) is 0.517. The molecule has 0 saturated heterocycles. The van der Waals surface area contributed by atoms with Gasteiger partial charge in [-0.1, -0.05) is 107 Å². The van der Waals surface area contributed by atoms with Crippen molar-refractivity contribution >= 4 is 11.9 Å². The van der Waals surface area contributed by atoms with Gasteiger partial charge in [0.05, 0.1) is 12.0 Å². The SMILES string of the molecule is C=C/C=C\C(=C(/C)NCCCC)C(C)C(=O)NCC(=C)/C(C)=C\C(=C/CC)OC(C)C.CC.CC(=O)O.CC(C)C.CCC. The Bertz CT molecular complexity index is 855. The van der Waals surface area contributed by atoms with Gasteiger partial charge < -0.3 is 20.5 Å². The number of hydrogen-bond donors (Lipinski definition) is 3. The number of aliphatic carboxylic acids is 1. The quantitative estimate of drug-likeness (QED) is 0.0963. The average Bonchev–Trinajstić information content (AvgIpc) is 2.92. The highest BCUT2D eigenvalue weighted by Crippen LogP contribution is 2.18. The van der Waals surface area contributed by atoms with Crippen molar-refractivity contribution in [3.63, 3.8) is 0 Å². The monoisotopic (exact) mass is 621 g/mol. The summed E-state index contributed by atoms with van der Waals surface area (Å²) in [5, 5.41) is 13.9. The molecule has 0 rings (SSSR count). The topological polar surface area (TPSA) is 87.7 Å². The molecule has 1 atom stereocenters. The summed E-state index contributed by atoms with van der Waals surface area (Å²) in [6.07, 6.45) is 14.1. The Morgan fingerprint density at radius 1 is 0.932 bits per heavy atom. The van der Waals surface area contributed by atoms with Crippen LogP contribution in [0, 0.1) is 11.8 Å². The van der Waals surface area contributed by atoms with Crippen LogP contribution in [0.1, 0.15) is 130 Å². The fraction of sp³-hybridized carbons (Fsp3) is 0.632. The van der Waals surface area contributed by atoms with E-state index in [1.54, 1.807) is 6.08 Å². The summed E-state index contributed by atoms with van der Waals surface area (Å²) < 4.78 is 5.84. The predicted octanol–water partition coefficient (Wildman–Crippen LogP) is 10.6. The average molecular weight is 621 g/mol. The molecule has 0 aliphatic carbocycles. The van der Waals surface area contributed by atoms with Gasteiger partial charge >= 0.3 is 0 Å². The normalized spacial score (nSPS) is 12.0. The number of amides is 1. The van der Waals surface area contributed by atoms with Crippen LogP contribution in [0.2, 0.25) is 0 Å². The standard InChI is InChI=1S/C27H44N2O2.C4H10.C3H8.C2H4O2.C2H6/c1-10-13-16-26(24(9)28-17-14-11-2)23(8)27(30)29-19-22(7)21(6)18-25(15-12-3)31-20(4)5;1-4(2)3;1-3-2;1-2(3)4;1-2/h10,13,15-16,18,20,23,28H,1,7,11-12,14,17,19H2,2-6,8-9H3,(H,29,30);4H,1-3H3;3H2,1-2H3;1H3,(H,3,4);1-2H3/b16-13-,21-18-,25-15+,26-24-;;;;. The molecule has 1 unspecified atom stereocenters. The molecule has 258 valence electrons. The van der Waals surface area contributed by atoms with Crippen LogP contribution in [0.25, 0.3) is 0 Å². The number of hydrogen-bond acceptors (Lipinski definition) is 4. The third-order valence-corrected chi connectivity index (χ3v) is 4.79. The van der Waals surface area contributed by atoms with E-state index >= 15 is 0 Å². The Morgan fingerprint density at radius 2 is 1.41 bits per heavy atom. The van der Waals surface area contributed by atoms with Crippen LogP contribution >= 0.6 is 0 Å². The molecule has 0 radical (unpaired) electrons. The second-order valence-electron chi connectivity index (χ2n) is 11.0. The number of allylic oxidation sites excluding steroid dienone is 6. The molecule has 1 amide bonds. The lowest BCUT2D eigenvalue weighted by atomic mass is 9.97. The molecule has 44 heavy (non-hydrogen) atoms. The molecule has 6 nitrogen and oxygen atoms in total. The predicted molar refractivity (Wildman–Crippen MR) is 196 cm³/mol. The van der Waals surface area contributed by atoms with Crippen molar-refractivity contribution in [1.82, 2.24) is 10.6 Å². The number of ether oxygens (including phenoxy) is 1. The van der Waals surface area contributed by atoms with Gasteiger partial charge in [0.2, 0.25) is 5.91 Å². The van der Waals surface area contributed by atoms with Gasteiger partial charge in [-0.25, -0.2) is 0 Å². The zero-order valence-corrected chi connectivity index (χ0v) is 31.4. The lowest BCUT2D eigenvalue weighted by molar-refractivity contribution is -0.134. The maximum absolute atomic E-state index is 12.8. The number of unbranched alkanes of at least 4 members (excludes halogenated alkanes) is 1. The zero-order valence-electron chi connectivity index (χ0n) is 31.4. The minimum absolute atomic E-state index is 0.0305. The fourth-order valence-corrected chi connectivity index (χ4v) is 2.88. The molecule has 0 aliphatic heterocycles. The number of carboxylic acids is 1. The molecular weight excluding hydrogens is 548 g/mol. The molecule has 6 heteroatoms. The minimum atomic E-state index is -0.833. The molecule has 0 bridgehead atoms. The van der Waals surface area contributed by atoms with E-state index < -0.39 is 5.97 Å². The van der Waals surface area contributed by atoms with Crippen molar-refractivity contribution in [2.75, 3.05) is 13.1 Å². The molecule has 3 N–H and O–H groups in total. The van der Waals surface area contributed by atoms with Crippen LogP contribution in [-0.4, -0.2) is 36.2 Å². The first-order chi connectivity index (χ1) is 20.5. The van der Waals surface area contributed by atoms with Crippen molar-refractivity contribution in [3.8, 4) is 0 Å². The molecule has 0 spiro atoms. The van der Waals surface area contributed by atoms with Crippen LogP contribution < -0.4 is 10.6 Å². The zero-order chi connectivity index (χ0) is 35.7. The molecule has 0 fully saturated rings. The van der Waals surface area contributed by atoms with Gasteiger partial charge in [0, 0.05) is 25.7 Å². The Kier molecular flexibility index (Phi) is 41.6. The number of carboxylic acid groups (broad SMARTS) is 1. The summed E-state index contributed by atoms with van der Waals surface area (Å²) in [6, 6.07) is 0. The number of rotatable bonds is 15. The van der Waals surface area contributed by atoms with Crippen molar-refractivity contribution in [2.24, 2.45) is 11.8 Å². The fourth-order valence-electron chi connectivity index (χ4n) is 2.88. The first kappa shape index (κ1) is 50.6. The van der Waals surface area contributed by atoms with E-state index in [0.717, 1.165) is 66.8 Å². The summed E-state index contributed by atoms with van der Waals surface area (Å²) in [5.41, 5.74) is 3.84. The molecule has 0 saturated carbocycles. The maximum Gasteiger partial charge on any atom is 0.300 e. The number of carbonyl (C=O) groups excluding carboxylic acids is 1. The minimum Gasteiger partial charge on any atom is -0.491 e. The summed E-state index contributed by atoms with van der Waals surface area (Å²) in [4.78, 5) is 21.8. The summed E-state index contributed by atoms with van der Waals surface area (Å²) >= 11 is 0. The van der Waals surface area contributed by atoms with E-state index in [1.807, 2.05) is 66.7 Å². The van der Waals surface area contributed by atoms with Crippen molar-refractivity contribution in [1.29, 1.82) is 0 Å². The van der Waals surface area contributed by atoms with Crippen LogP contribution in [0.5, 0.6) is 0 Å². The van der Waals surface area contributed by atoms with Gasteiger partial charge in [0.25, 0.3) is 5.97 Å². The number of nitrogens with one attached hydrogen (secondary N) is 2. The van der Waals surface area contributed by atoms with E-state index in [0.29, 0.717) is 6.54 Å². The molecule has 0 heterocycles. The van der Waals surface area contributed by atoms with Gasteiger partial charge in [-0.2, -0.15) is 0 Å². The first-order valence-corrected chi connectivity index (χ1v) is 16.5. The van der Waals surface area contributed by atoms with Gasteiger partial charge in [-0.05, 0) is 82.2 Å². The van der Waals surface area contributed by atoms with E-state index in [4.69, 9.17) is 14.6 Å². The highest BCUT2D eigenvalue weighted by molar-refractivity contribution is 5.82. The maximum atomic E-state index is 12.8.